The first-order valence-electron chi connectivity index (χ1n) is 5.88. The lowest BCUT2D eigenvalue weighted by Crippen LogP contribution is -2.04. The van der Waals surface area contributed by atoms with Crippen LogP contribution in [0, 0.1) is 13.8 Å². The van der Waals surface area contributed by atoms with Gasteiger partial charge in [0.2, 0.25) is 0 Å². The predicted octanol–water partition coefficient (Wildman–Crippen LogP) is 3.76. The van der Waals surface area contributed by atoms with Gasteiger partial charge in [-0.15, -0.1) is 0 Å². The summed E-state index contributed by atoms with van der Waals surface area (Å²) in [7, 11) is 1.41. The molecule has 0 unspecified atom stereocenters. The zero-order chi connectivity index (χ0) is 13.1. The van der Waals surface area contributed by atoms with E-state index < -0.39 is 0 Å². The van der Waals surface area contributed by atoms with Crippen molar-refractivity contribution in [3.05, 3.63) is 59.2 Å². The van der Waals surface area contributed by atoms with E-state index in [4.69, 9.17) is 4.74 Å². The predicted molar refractivity (Wildman–Crippen MR) is 72.7 cm³/mol. The number of esters is 1. The summed E-state index contributed by atoms with van der Waals surface area (Å²) in [5.41, 5.74) is 4.87. The number of carbonyl (C=O) groups is 1. The van der Waals surface area contributed by atoms with Crippen molar-refractivity contribution in [1.82, 2.24) is 0 Å². The lowest BCUT2D eigenvalue weighted by Gasteiger charge is -2.11. The molecule has 2 aromatic carbocycles. The number of ether oxygens (including phenoxy) is 1. The summed E-state index contributed by atoms with van der Waals surface area (Å²) < 4.78 is 4.84. The van der Waals surface area contributed by atoms with E-state index in [2.05, 4.69) is 0 Å². The molecule has 2 nitrogen and oxygen atoms in total. The Morgan fingerprint density at radius 3 is 2.28 bits per heavy atom. The maximum Gasteiger partial charge on any atom is 0.338 e. The summed E-state index contributed by atoms with van der Waals surface area (Å²) in [5.74, 6) is -0.297. The van der Waals surface area contributed by atoms with Crippen LogP contribution in [-0.2, 0) is 4.74 Å². The van der Waals surface area contributed by atoms with Gasteiger partial charge >= 0.3 is 5.97 Å². The molecule has 0 aliphatic heterocycles. The highest BCUT2D eigenvalue weighted by Crippen LogP contribution is 2.28. The van der Waals surface area contributed by atoms with Crippen LogP contribution in [0.1, 0.15) is 21.5 Å². The van der Waals surface area contributed by atoms with Gasteiger partial charge in [-0.2, -0.15) is 0 Å². The fourth-order valence-corrected chi connectivity index (χ4v) is 2.05. The van der Waals surface area contributed by atoms with Crippen LogP contribution in [0.15, 0.2) is 42.5 Å². The van der Waals surface area contributed by atoms with Crippen molar-refractivity contribution in [2.45, 2.75) is 13.8 Å². The molecule has 0 radical (unpaired) electrons. The number of hydrogen-bond donors (Lipinski definition) is 0. The Morgan fingerprint density at radius 1 is 1.00 bits per heavy atom. The van der Waals surface area contributed by atoms with E-state index in [1.165, 1.54) is 12.7 Å². The molecule has 0 N–H and O–H groups in total. The minimum absolute atomic E-state index is 0.297. The minimum atomic E-state index is -0.297. The molecule has 0 amide bonds. The maximum atomic E-state index is 11.8. The Bertz CT molecular complexity index is 568. The monoisotopic (exact) mass is 240 g/mol. The quantitative estimate of drug-likeness (QED) is 0.747. The summed E-state index contributed by atoms with van der Waals surface area (Å²) in [6.45, 7) is 4.05. The number of benzene rings is 2. The van der Waals surface area contributed by atoms with Gasteiger partial charge < -0.3 is 4.74 Å². The standard InChI is InChI=1S/C16H16O2/c1-11-7-9-13(10-8-11)15-12(2)5-4-6-14(15)16(17)18-3/h4-10H,1-3H3. The van der Waals surface area contributed by atoms with Crippen LogP contribution in [-0.4, -0.2) is 13.1 Å². The van der Waals surface area contributed by atoms with Gasteiger partial charge in [-0.1, -0.05) is 42.0 Å². The molecule has 0 saturated carbocycles. The molecule has 0 aliphatic carbocycles. The number of methoxy groups -OCH3 is 1. The molecule has 0 aromatic heterocycles. The summed E-state index contributed by atoms with van der Waals surface area (Å²) in [5, 5.41) is 0. The summed E-state index contributed by atoms with van der Waals surface area (Å²) >= 11 is 0. The Labute approximate surface area is 107 Å². The van der Waals surface area contributed by atoms with Gasteiger partial charge in [0, 0.05) is 0 Å². The van der Waals surface area contributed by atoms with Crippen molar-refractivity contribution < 1.29 is 9.53 Å². The smallest absolute Gasteiger partial charge is 0.338 e. The topological polar surface area (TPSA) is 26.3 Å². The average molecular weight is 240 g/mol. The molecule has 92 valence electrons. The van der Waals surface area contributed by atoms with E-state index in [0.29, 0.717) is 5.56 Å². The lowest BCUT2D eigenvalue weighted by atomic mass is 9.94. The van der Waals surface area contributed by atoms with Crippen LogP contribution >= 0.6 is 0 Å². The molecule has 18 heavy (non-hydrogen) atoms. The van der Waals surface area contributed by atoms with Crippen molar-refractivity contribution in [2.75, 3.05) is 7.11 Å². The highest BCUT2D eigenvalue weighted by molar-refractivity contribution is 5.98. The van der Waals surface area contributed by atoms with E-state index >= 15 is 0 Å². The van der Waals surface area contributed by atoms with Crippen molar-refractivity contribution in [1.29, 1.82) is 0 Å². The Morgan fingerprint density at radius 2 is 1.67 bits per heavy atom. The van der Waals surface area contributed by atoms with Gasteiger partial charge in [0.25, 0.3) is 0 Å². The van der Waals surface area contributed by atoms with Crippen LogP contribution in [0.4, 0.5) is 0 Å². The number of carbonyl (C=O) groups excluding carboxylic acids is 1. The first-order chi connectivity index (χ1) is 8.63. The van der Waals surface area contributed by atoms with Crippen LogP contribution in [0.5, 0.6) is 0 Å². The molecule has 2 aromatic rings. The number of hydrogen-bond acceptors (Lipinski definition) is 2. The Balaban J connectivity index is 2.62. The summed E-state index contributed by atoms with van der Waals surface area (Å²) in [4.78, 5) is 11.8. The summed E-state index contributed by atoms with van der Waals surface area (Å²) in [6.07, 6.45) is 0. The molecule has 0 atom stereocenters. The highest BCUT2D eigenvalue weighted by atomic mass is 16.5. The third-order valence-corrected chi connectivity index (χ3v) is 3.02. The SMILES string of the molecule is COC(=O)c1cccc(C)c1-c1ccc(C)cc1. The molecular formula is C16H16O2. The molecule has 0 heterocycles. The van der Waals surface area contributed by atoms with Gasteiger partial charge in [0.05, 0.1) is 12.7 Å². The second-order valence-corrected chi connectivity index (χ2v) is 4.36. The summed E-state index contributed by atoms with van der Waals surface area (Å²) in [6, 6.07) is 13.8. The number of rotatable bonds is 2. The minimum Gasteiger partial charge on any atom is -0.465 e. The van der Waals surface area contributed by atoms with Crippen molar-refractivity contribution in [3.8, 4) is 11.1 Å². The maximum absolute atomic E-state index is 11.8. The zero-order valence-electron chi connectivity index (χ0n) is 10.9. The molecule has 2 heteroatoms. The van der Waals surface area contributed by atoms with Crippen LogP contribution in [0.2, 0.25) is 0 Å². The third-order valence-electron chi connectivity index (χ3n) is 3.02. The van der Waals surface area contributed by atoms with E-state index in [9.17, 15) is 4.79 Å². The van der Waals surface area contributed by atoms with E-state index in [1.54, 1.807) is 6.07 Å². The Kier molecular flexibility index (Phi) is 3.47. The molecule has 0 aliphatic rings. The first-order valence-corrected chi connectivity index (χ1v) is 5.88. The van der Waals surface area contributed by atoms with Gasteiger partial charge in [0.1, 0.15) is 0 Å². The van der Waals surface area contributed by atoms with E-state index in [0.717, 1.165) is 16.7 Å². The van der Waals surface area contributed by atoms with Crippen molar-refractivity contribution in [2.24, 2.45) is 0 Å². The zero-order valence-corrected chi connectivity index (χ0v) is 10.9. The molecular weight excluding hydrogens is 224 g/mol. The average Bonchev–Trinajstić information content (AvgIpc) is 2.39. The fraction of sp³-hybridized carbons (Fsp3) is 0.188. The van der Waals surface area contributed by atoms with E-state index in [1.807, 2.05) is 50.2 Å². The van der Waals surface area contributed by atoms with Gasteiger partial charge in [0.15, 0.2) is 0 Å². The molecule has 0 bridgehead atoms. The Hall–Kier alpha value is -2.09. The third kappa shape index (κ3) is 2.28. The molecule has 0 spiro atoms. The van der Waals surface area contributed by atoms with Gasteiger partial charge in [-0.25, -0.2) is 4.79 Å². The largest absolute Gasteiger partial charge is 0.465 e. The van der Waals surface area contributed by atoms with Crippen LogP contribution in [0.25, 0.3) is 11.1 Å². The number of aryl methyl sites for hydroxylation is 2. The first kappa shape index (κ1) is 12.4. The van der Waals surface area contributed by atoms with Crippen molar-refractivity contribution in [3.63, 3.8) is 0 Å². The van der Waals surface area contributed by atoms with Crippen LogP contribution in [0.3, 0.4) is 0 Å². The molecule has 2 rings (SSSR count). The second kappa shape index (κ2) is 5.05. The molecule has 0 fully saturated rings. The normalized spacial score (nSPS) is 10.2. The highest BCUT2D eigenvalue weighted by Gasteiger charge is 2.14. The van der Waals surface area contributed by atoms with Crippen LogP contribution < -0.4 is 0 Å². The van der Waals surface area contributed by atoms with E-state index in [-0.39, 0.29) is 5.97 Å². The molecule has 0 saturated heterocycles. The fourth-order valence-electron chi connectivity index (χ4n) is 2.05. The van der Waals surface area contributed by atoms with Gasteiger partial charge in [-0.05, 0) is 36.6 Å². The van der Waals surface area contributed by atoms with Gasteiger partial charge in [-0.3, -0.25) is 0 Å². The second-order valence-electron chi connectivity index (χ2n) is 4.36. The van der Waals surface area contributed by atoms with Crippen molar-refractivity contribution >= 4 is 5.97 Å². The lowest BCUT2D eigenvalue weighted by molar-refractivity contribution is 0.0601.